The lowest BCUT2D eigenvalue weighted by molar-refractivity contribution is -0.137. The number of pyridine rings is 1. The van der Waals surface area contributed by atoms with Crippen molar-refractivity contribution in [2.75, 3.05) is 5.32 Å². The molecule has 3 aromatic rings. The zero-order valence-electron chi connectivity index (χ0n) is 20.2. The van der Waals surface area contributed by atoms with Gasteiger partial charge in [-0.05, 0) is 62.3 Å². The fourth-order valence-corrected chi connectivity index (χ4v) is 5.11. The van der Waals surface area contributed by atoms with Gasteiger partial charge in [0.1, 0.15) is 5.82 Å². The van der Waals surface area contributed by atoms with Crippen LogP contribution < -0.4 is 10.6 Å². The first-order chi connectivity index (χ1) is 16.4. The molecule has 2 heterocycles. The van der Waals surface area contributed by atoms with Crippen molar-refractivity contribution in [2.45, 2.75) is 71.8 Å². The topological polar surface area (TPSA) is 95.7 Å². The number of benzene rings is 1. The van der Waals surface area contributed by atoms with Crippen molar-refractivity contribution in [2.24, 2.45) is 5.92 Å². The van der Waals surface area contributed by atoms with E-state index >= 15 is 0 Å². The van der Waals surface area contributed by atoms with Gasteiger partial charge in [-0.3, -0.25) is 14.0 Å². The van der Waals surface area contributed by atoms with Crippen LogP contribution in [0.2, 0.25) is 0 Å². The van der Waals surface area contributed by atoms with E-state index in [0.29, 0.717) is 17.6 Å². The zero-order valence-corrected chi connectivity index (χ0v) is 20.2. The first-order valence-electron chi connectivity index (χ1n) is 12.2. The van der Waals surface area contributed by atoms with Crippen molar-refractivity contribution < 1.29 is 14.7 Å². The number of nitrogens with one attached hydrogen (secondary N) is 2. The summed E-state index contributed by atoms with van der Waals surface area (Å²) < 4.78 is 1.92. The minimum atomic E-state index is -0.886. The number of fused-ring (bicyclic) bond motifs is 1. The molecule has 7 nitrogen and oxygen atoms in total. The van der Waals surface area contributed by atoms with E-state index in [4.69, 9.17) is 4.98 Å². The summed E-state index contributed by atoms with van der Waals surface area (Å²) in [6.07, 6.45) is 7.80. The Hall–Kier alpha value is -3.35. The lowest BCUT2D eigenvalue weighted by Crippen LogP contribution is -2.42. The Labute approximate surface area is 200 Å². The van der Waals surface area contributed by atoms with Crippen molar-refractivity contribution in [3.63, 3.8) is 0 Å². The molecule has 1 aromatic carbocycles. The largest absolute Gasteiger partial charge is 0.481 e. The second-order valence-electron chi connectivity index (χ2n) is 9.34. The van der Waals surface area contributed by atoms with E-state index in [-0.39, 0.29) is 24.3 Å². The van der Waals surface area contributed by atoms with Crippen LogP contribution in [0.4, 0.5) is 11.5 Å². The molecule has 3 N–H and O–H groups in total. The van der Waals surface area contributed by atoms with E-state index in [2.05, 4.69) is 36.6 Å². The molecule has 0 bridgehead atoms. The van der Waals surface area contributed by atoms with E-state index < -0.39 is 5.97 Å². The molecule has 0 spiro atoms. The molecule has 1 saturated carbocycles. The van der Waals surface area contributed by atoms with Crippen molar-refractivity contribution in [1.29, 1.82) is 0 Å². The van der Waals surface area contributed by atoms with Crippen LogP contribution in [-0.2, 0) is 11.2 Å². The van der Waals surface area contributed by atoms with Gasteiger partial charge in [0, 0.05) is 17.9 Å². The van der Waals surface area contributed by atoms with Crippen molar-refractivity contribution in [1.82, 2.24) is 14.7 Å². The number of aryl methyl sites for hydroxylation is 3. The number of hydrogen-bond donors (Lipinski definition) is 3. The lowest BCUT2D eigenvalue weighted by Gasteiger charge is -2.30. The number of imidazole rings is 1. The number of para-hydroxylation sites is 1. The summed E-state index contributed by atoms with van der Waals surface area (Å²) in [5.41, 5.74) is 5.20. The van der Waals surface area contributed by atoms with E-state index in [1.54, 1.807) is 6.07 Å². The van der Waals surface area contributed by atoms with E-state index in [0.717, 1.165) is 54.0 Å². The number of amides is 1. The maximum Gasteiger partial charge on any atom is 0.305 e. The molecule has 1 aliphatic carbocycles. The number of rotatable bonds is 8. The van der Waals surface area contributed by atoms with Gasteiger partial charge in [0.25, 0.3) is 5.91 Å². The highest BCUT2D eigenvalue weighted by Crippen LogP contribution is 2.30. The van der Waals surface area contributed by atoms with Gasteiger partial charge in [-0.25, -0.2) is 4.98 Å². The Morgan fingerprint density at radius 3 is 2.47 bits per heavy atom. The summed E-state index contributed by atoms with van der Waals surface area (Å²) in [5, 5.41) is 16.1. The lowest BCUT2D eigenvalue weighted by atomic mass is 9.82. The van der Waals surface area contributed by atoms with Gasteiger partial charge in [-0.2, -0.15) is 0 Å². The molecule has 4 rings (SSSR count). The number of hydrogen-bond acceptors (Lipinski definition) is 4. The van der Waals surface area contributed by atoms with Crippen LogP contribution in [0.1, 0.15) is 72.6 Å². The highest BCUT2D eigenvalue weighted by atomic mass is 16.4. The fraction of sp³-hybridized carbons (Fsp3) is 0.444. The summed E-state index contributed by atoms with van der Waals surface area (Å²) in [6, 6.07) is 9.39. The summed E-state index contributed by atoms with van der Waals surface area (Å²) in [4.78, 5) is 29.7. The summed E-state index contributed by atoms with van der Waals surface area (Å²) in [5.74, 6) is -0.114. The van der Waals surface area contributed by atoms with E-state index in [9.17, 15) is 14.7 Å². The maximum absolute atomic E-state index is 13.4. The number of carboxylic acids is 1. The number of aromatic nitrogens is 2. The highest BCUT2D eigenvalue weighted by molar-refractivity contribution is 6.00. The molecular weight excluding hydrogens is 428 g/mol. The van der Waals surface area contributed by atoms with E-state index in [1.807, 2.05) is 29.7 Å². The molecule has 1 amide bonds. The number of anilines is 2. The minimum Gasteiger partial charge on any atom is -0.481 e. The monoisotopic (exact) mass is 462 g/mol. The summed E-state index contributed by atoms with van der Waals surface area (Å²) in [6.45, 7) is 6.18. The van der Waals surface area contributed by atoms with Crippen molar-refractivity contribution >= 4 is 29.0 Å². The average Bonchev–Trinajstić information content (AvgIpc) is 3.19. The molecular formula is C27H34N4O3. The Balaban J connectivity index is 1.68. The molecule has 0 saturated heterocycles. The molecule has 2 aromatic heterocycles. The van der Waals surface area contributed by atoms with Crippen LogP contribution in [0, 0.1) is 19.8 Å². The predicted octanol–water partition coefficient (Wildman–Crippen LogP) is 5.41. The van der Waals surface area contributed by atoms with Crippen LogP contribution in [0.25, 0.3) is 5.65 Å². The molecule has 1 aliphatic rings. The maximum atomic E-state index is 13.4. The normalized spacial score (nSPS) is 15.3. The van der Waals surface area contributed by atoms with Gasteiger partial charge in [0.2, 0.25) is 0 Å². The number of carboxylic acid groups (broad SMARTS) is 1. The van der Waals surface area contributed by atoms with Crippen LogP contribution in [0.5, 0.6) is 0 Å². The minimum absolute atomic E-state index is 0.0620. The van der Waals surface area contributed by atoms with E-state index in [1.165, 1.54) is 6.42 Å². The van der Waals surface area contributed by atoms with Gasteiger partial charge in [0.05, 0.1) is 17.7 Å². The second kappa shape index (κ2) is 10.3. The molecule has 1 atom stereocenters. The highest BCUT2D eigenvalue weighted by Gasteiger charge is 2.28. The van der Waals surface area contributed by atoms with Gasteiger partial charge >= 0.3 is 5.97 Å². The van der Waals surface area contributed by atoms with Gasteiger partial charge in [-0.15, -0.1) is 0 Å². The first kappa shape index (κ1) is 23.8. The van der Waals surface area contributed by atoms with Crippen molar-refractivity contribution in [3.8, 4) is 0 Å². The third-order valence-corrected chi connectivity index (χ3v) is 6.96. The third-order valence-electron chi connectivity index (χ3n) is 6.96. The van der Waals surface area contributed by atoms with Crippen LogP contribution in [0.3, 0.4) is 0 Å². The molecule has 0 aliphatic heterocycles. The standard InChI is InChI=1S/C27H34N4O3/c1-4-21-26(30-24-17(2)10-8-11-18(24)3)31-15-9-14-20(25(31)28-21)27(34)29-22(16-23(32)33)19-12-6-5-7-13-19/h8-11,14-15,19,22,30H,4-7,12-13,16H2,1-3H3,(H,29,34)(H,32,33). The Morgan fingerprint density at radius 1 is 1.12 bits per heavy atom. The van der Waals surface area contributed by atoms with Crippen LogP contribution >= 0.6 is 0 Å². The second-order valence-corrected chi connectivity index (χ2v) is 9.34. The Kier molecular flexibility index (Phi) is 7.20. The average molecular weight is 463 g/mol. The van der Waals surface area contributed by atoms with Crippen LogP contribution in [-0.4, -0.2) is 32.4 Å². The Bertz CT molecular complexity index is 1170. The molecule has 0 radical (unpaired) electrons. The predicted molar refractivity (Wildman–Crippen MR) is 134 cm³/mol. The molecule has 1 unspecified atom stereocenters. The van der Waals surface area contributed by atoms with Gasteiger partial charge in [0.15, 0.2) is 5.65 Å². The van der Waals surface area contributed by atoms with Crippen molar-refractivity contribution in [3.05, 3.63) is 58.9 Å². The summed E-state index contributed by atoms with van der Waals surface area (Å²) >= 11 is 0. The van der Waals surface area contributed by atoms with Crippen LogP contribution in [0.15, 0.2) is 36.5 Å². The third kappa shape index (κ3) is 4.93. The smallest absolute Gasteiger partial charge is 0.305 e. The Morgan fingerprint density at radius 2 is 1.82 bits per heavy atom. The molecule has 180 valence electrons. The number of nitrogens with zero attached hydrogens (tertiary/aromatic N) is 2. The number of aliphatic carboxylic acids is 1. The number of carbonyl (C=O) groups excluding carboxylic acids is 1. The van der Waals surface area contributed by atoms with Gasteiger partial charge in [-0.1, -0.05) is 44.4 Å². The molecule has 34 heavy (non-hydrogen) atoms. The fourth-order valence-electron chi connectivity index (χ4n) is 5.11. The SMILES string of the molecule is CCc1nc2c(C(=O)NC(CC(=O)O)C3CCCCC3)cccn2c1Nc1c(C)cccc1C. The zero-order chi connectivity index (χ0) is 24.2. The summed E-state index contributed by atoms with van der Waals surface area (Å²) in [7, 11) is 0. The quantitative estimate of drug-likeness (QED) is 0.416. The molecule has 1 fully saturated rings. The first-order valence-corrected chi connectivity index (χ1v) is 12.2. The molecule has 7 heteroatoms. The number of carbonyl (C=O) groups is 2. The van der Waals surface area contributed by atoms with Gasteiger partial charge < -0.3 is 15.7 Å².